The highest BCUT2D eigenvalue weighted by molar-refractivity contribution is 7.91. The van der Waals surface area contributed by atoms with E-state index in [0.29, 0.717) is 23.0 Å². The highest BCUT2D eigenvalue weighted by Crippen LogP contribution is 2.23. The van der Waals surface area contributed by atoms with E-state index in [-0.39, 0.29) is 29.2 Å². The number of halogens is 1. The second-order valence-corrected chi connectivity index (χ2v) is 9.82. The van der Waals surface area contributed by atoms with Gasteiger partial charge in [-0.25, -0.2) is 12.8 Å². The van der Waals surface area contributed by atoms with Gasteiger partial charge in [0, 0.05) is 18.7 Å². The van der Waals surface area contributed by atoms with Gasteiger partial charge in [0.1, 0.15) is 11.4 Å². The highest BCUT2D eigenvalue weighted by Gasteiger charge is 2.36. The maximum Gasteiger partial charge on any atom is 0.290 e. The Bertz CT molecular complexity index is 1280. The average Bonchev–Trinajstić information content (AvgIpc) is 3.06. The largest absolute Gasteiger partial charge is 0.451 e. The number of nitrogens with zero attached hydrogens (tertiary/aromatic N) is 1. The molecule has 0 bridgehead atoms. The first-order valence-corrected chi connectivity index (χ1v) is 11.3. The molecule has 1 aromatic heterocycles. The van der Waals surface area contributed by atoms with Gasteiger partial charge in [-0.05, 0) is 48.7 Å². The summed E-state index contributed by atoms with van der Waals surface area (Å²) in [6, 6.07) is 11.3. The molecule has 1 saturated heterocycles. The van der Waals surface area contributed by atoms with E-state index in [4.69, 9.17) is 4.42 Å². The number of hydrogen-bond acceptors (Lipinski definition) is 5. The molecule has 1 aliphatic heterocycles. The van der Waals surface area contributed by atoms with Crippen molar-refractivity contribution in [2.75, 3.05) is 11.5 Å². The second kappa shape index (κ2) is 7.68. The topological polar surface area (TPSA) is 84.7 Å². The molecule has 0 unspecified atom stereocenters. The summed E-state index contributed by atoms with van der Waals surface area (Å²) in [5.74, 6) is -1.29. The Hall–Kier alpha value is -3.00. The number of hydrogen-bond donors (Lipinski definition) is 0. The Morgan fingerprint density at radius 2 is 1.90 bits per heavy atom. The molecule has 1 aliphatic rings. The Morgan fingerprint density at radius 3 is 2.57 bits per heavy atom. The van der Waals surface area contributed by atoms with Crippen molar-refractivity contribution in [3.8, 4) is 0 Å². The fraction of sp³-hybridized carbons (Fsp3) is 0.273. The molecule has 0 spiro atoms. The number of fused-ring (bicyclic) bond motifs is 1. The number of benzene rings is 2. The SMILES string of the molecule is Cc1ccc2c(=O)cc(C(=O)N(Cc3ccc(F)cc3)[C@H]3CCS(=O)(=O)C3)oc2c1. The van der Waals surface area contributed by atoms with Crippen molar-refractivity contribution in [3.05, 3.63) is 81.5 Å². The molecule has 1 atom stereocenters. The van der Waals surface area contributed by atoms with Crippen LogP contribution in [0.25, 0.3) is 11.0 Å². The summed E-state index contributed by atoms with van der Waals surface area (Å²) >= 11 is 0. The third-order valence-corrected chi connectivity index (χ3v) is 7.02. The number of amides is 1. The van der Waals surface area contributed by atoms with Gasteiger partial charge < -0.3 is 9.32 Å². The molecule has 0 N–H and O–H groups in total. The maximum atomic E-state index is 13.3. The minimum atomic E-state index is -3.25. The minimum Gasteiger partial charge on any atom is -0.451 e. The van der Waals surface area contributed by atoms with Crippen molar-refractivity contribution in [1.82, 2.24) is 4.90 Å². The lowest BCUT2D eigenvalue weighted by Gasteiger charge is -2.28. The number of carbonyl (C=O) groups is 1. The van der Waals surface area contributed by atoms with Crippen LogP contribution >= 0.6 is 0 Å². The van der Waals surface area contributed by atoms with Gasteiger partial charge in [0.25, 0.3) is 5.91 Å². The molecule has 6 nitrogen and oxygen atoms in total. The third kappa shape index (κ3) is 4.14. The van der Waals surface area contributed by atoms with Crippen LogP contribution in [0.5, 0.6) is 0 Å². The predicted octanol–water partition coefficient (Wildman–Crippen LogP) is 3.07. The van der Waals surface area contributed by atoms with E-state index in [1.54, 1.807) is 30.3 Å². The van der Waals surface area contributed by atoms with Crippen LogP contribution in [0.4, 0.5) is 4.39 Å². The van der Waals surface area contributed by atoms with Crippen molar-refractivity contribution in [2.24, 2.45) is 0 Å². The van der Waals surface area contributed by atoms with Crippen LogP contribution in [0.2, 0.25) is 0 Å². The number of sulfone groups is 1. The lowest BCUT2D eigenvalue weighted by Crippen LogP contribution is -2.40. The first kappa shape index (κ1) is 20.3. The summed E-state index contributed by atoms with van der Waals surface area (Å²) in [5, 5.41) is 0.366. The summed E-state index contributed by atoms with van der Waals surface area (Å²) in [7, 11) is -3.25. The molecule has 2 heterocycles. The normalized spacial score (nSPS) is 17.9. The summed E-state index contributed by atoms with van der Waals surface area (Å²) in [5.41, 5.74) is 1.47. The van der Waals surface area contributed by atoms with Gasteiger partial charge in [-0.15, -0.1) is 0 Å². The van der Waals surface area contributed by atoms with Crippen LogP contribution in [0.3, 0.4) is 0 Å². The quantitative estimate of drug-likeness (QED) is 0.636. The fourth-order valence-electron chi connectivity index (χ4n) is 3.68. The first-order valence-electron chi connectivity index (χ1n) is 9.52. The van der Waals surface area contributed by atoms with Crippen molar-refractivity contribution in [2.45, 2.75) is 25.9 Å². The Balaban J connectivity index is 1.74. The monoisotopic (exact) mass is 429 g/mol. The van der Waals surface area contributed by atoms with Crippen LogP contribution in [-0.4, -0.2) is 36.8 Å². The zero-order chi connectivity index (χ0) is 21.5. The molecule has 3 aromatic rings. The molecule has 0 radical (unpaired) electrons. The van der Waals surface area contributed by atoms with E-state index < -0.39 is 27.6 Å². The average molecular weight is 429 g/mol. The Labute approximate surface area is 172 Å². The Morgan fingerprint density at radius 1 is 1.17 bits per heavy atom. The van der Waals surface area contributed by atoms with Crippen LogP contribution in [0, 0.1) is 12.7 Å². The smallest absolute Gasteiger partial charge is 0.290 e. The van der Waals surface area contributed by atoms with E-state index >= 15 is 0 Å². The van der Waals surface area contributed by atoms with Gasteiger partial charge in [0.15, 0.2) is 21.0 Å². The first-order chi connectivity index (χ1) is 14.2. The summed E-state index contributed by atoms with van der Waals surface area (Å²) in [4.78, 5) is 27.2. The summed E-state index contributed by atoms with van der Waals surface area (Å²) in [6.45, 7) is 1.92. The summed E-state index contributed by atoms with van der Waals surface area (Å²) in [6.07, 6.45) is 0.298. The lowest BCUT2D eigenvalue weighted by atomic mass is 10.1. The molecule has 8 heteroatoms. The fourth-order valence-corrected chi connectivity index (χ4v) is 5.41. The zero-order valence-corrected chi connectivity index (χ0v) is 17.1. The number of aryl methyl sites for hydroxylation is 1. The molecule has 2 aromatic carbocycles. The van der Waals surface area contributed by atoms with Gasteiger partial charge in [0.2, 0.25) is 0 Å². The number of carbonyl (C=O) groups excluding carboxylic acids is 1. The third-order valence-electron chi connectivity index (χ3n) is 5.27. The van der Waals surface area contributed by atoms with Crippen molar-refractivity contribution >= 4 is 26.7 Å². The number of rotatable bonds is 4. The molecule has 30 heavy (non-hydrogen) atoms. The van der Waals surface area contributed by atoms with Gasteiger partial charge in [-0.1, -0.05) is 18.2 Å². The van der Waals surface area contributed by atoms with E-state index in [0.717, 1.165) is 11.6 Å². The van der Waals surface area contributed by atoms with Crippen LogP contribution in [0.1, 0.15) is 28.1 Å². The minimum absolute atomic E-state index is 0.00821. The van der Waals surface area contributed by atoms with Crippen LogP contribution < -0.4 is 5.43 Å². The van der Waals surface area contributed by atoms with Crippen LogP contribution in [-0.2, 0) is 16.4 Å². The van der Waals surface area contributed by atoms with Crippen LogP contribution in [0.15, 0.2) is 57.7 Å². The van der Waals surface area contributed by atoms with Gasteiger partial charge in [0.05, 0.1) is 16.9 Å². The lowest BCUT2D eigenvalue weighted by molar-refractivity contribution is 0.0648. The van der Waals surface area contributed by atoms with Gasteiger partial charge >= 0.3 is 0 Å². The molecule has 1 amide bonds. The van der Waals surface area contributed by atoms with Gasteiger partial charge in [-0.2, -0.15) is 0 Å². The molecule has 0 aliphatic carbocycles. The van der Waals surface area contributed by atoms with Crippen molar-refractivity contribution in [1.29, 1.82) is 0 Å². The van der Waals surface area contributed by atoms with Crippen molar-refractivity contribution in [3.63, 3.8) is 0 Å². The predicted molar refractivity (Wildman–Crippen MR) is 111 cm³/mol. The molecular formula is C22H20FNO5S. The zero-order valence-electron chi connectivity index (χ0n) is 16.3. The second-order valence-electron chi connectivity index (χ2n) is 7.59. The van der Waals surface area contributed by atoms with Crippen molar-refractivity contribution < 1.29 is 22.0 Å². The van der Waals surface area contributed by atoms with E-state index in [9.17, 15) is 22.4 Å². The standard InChI is InChI=1S/C22H20FNO5S/c1-14-2-7-18-19(25)11-21(29-20(18)10-14)22(26)24(17-8-9-30(27,28)13-17)12-15-3-5-16(23)6-4-15/h2-7,10-11,17H,8-9,12-13H2,1H3/t17-/m0/s1. The maximum absolute atomic E-state index is 13.3. The summed E-state index contributed by atoms with van der Waals surface area (Å²) < 4.78 is 43.0. The Kier molecular flexibility index (Phi) is 5.19. The molecule has 156 valence electrons. The van der Waals surface area contributed by atoms with E-state index in [2.05, 4.69) is 0 Å². The van der Waals surface area contributed by atoms with E-state index in [1.807, 2.05) is 6.92 Å². The van der Waals surface area contributed by atoms with E-state index in [1.165, 1.54) is 17.0 Å². The molecule has 0 saturated carbocycles. The molecule has 4 rings (SSSR count). The highest BCUT2D eigenvalue weighted by atomic mass is 32.2. The molecular weight excluding hydrogens is 409 g/mol. The molecule has 1 fully saturated rings. The van der Waals surface area contributed by atoms with Gasteiger partial charge in [-0.3, -0.25) is 9.59 Å².